The summed E-state index contributed by atoms with van der Waals surface area (Å²) >= 11 is 5.39. The Bertz CT molecular complexity index is 1700. The highest BCUT2D eigenvalue weighted by atomic mass is 32.1. The topological polar surface area (TPSA) is 72.7 Å². The molecule has 2 fully saturated rings. The number of ether oxygens (including phenoxy) is 1. The predicted molar refractivity (Wildman–Crippen MR) is 153 cm³/mol. The highest BCUT2D eigenvalue weighted by Crippen LogP contribution is 2.42. The van der Waals surface area contributed by atoms with Gasteiger partial charge >= 0.3 is 6.18 Å². The van der Waals surface area contributed by atoms with Crippen LogP contribution in [0.25, 0.3) is 11.3 Å². The number of thiocarbonyl (C=S) groups is 1. The third-order valence-corrected chi connectivity index (χ3v) is 8.05. The molecule has 7 nitrogen and oxygen atoms in total. The molecule has 44 heavy (non-hydrogen) atoms. The first-order valence-corrected chi connectivity index (χ1v) is 13.8. The van der Waals surface area contributed by atoms with Crippen molar-refractivity contribution in [2.45, 2.75) is 44.5 Å². The summed E-state index contributed by atoms with van der Waals surface area (Å²) in [7, 11) is 1.99. The van der Waals surface area contributed by atoms with E-state index in [-0.39, 0.29) is 28.8 Å². The second kappa shape index (κ2) is 11.4. The molecule has 3 aromatic rings. The molecule has 0 spiro atoms. The maximum atomic E-state index is 15.5. The van der Waals surface area contributed by atoms with Crippen molar-refractivity contribution >= 4 is 34.6 Å². The lowest BCUT2D eigenvalue weighted by atomic mass is 10.0. The third-order valence-electron chi connectivity index (χ3n) is 7.68. The van der Waals surface area contributed by atoms with Crippen LogP contribution in [0.15, 0.2) is 42.6 Å². The van der Waals surface area contributed by atoms with Crippen LogP contribution in [0.2, 0.25) is 0 Å². The standard InChI is InChI=1S/C30H25F6N5O2S/c1-29(2)27(42)40(22-6-4-17(14-37)24(25(22)33)30(34,35)36)28(44)41(29)18-13-21(32)26(38-15-18)16-5-7-23(20(31)12-16)43-19-8-10-39(3)11-9-19/h4-7,12-13,15,19H,8-11H2,1-3H3. The van der Waals surface area contributed by atoms with Gasteiger partial charge in [0.25, 0.3) is 5.91 Å². The Morgan fingerprint density at radius 1 is 1.07 bits per heavy atom. The first-order chi connectivity index (χ1) is 20.6. The van der Waals surface area contributed by atoms with E-state index in [0.29, 0.717) is 4.90 Å². The van der Waals surface area contributed by atoms with E-state index in [1.165, 1.54) is 38.2 Å². The number of benzene rings is 2. The van der Waals surface area contributed by atoms with E-state index < -0.39 is 57.0 Å². The molecule has 0 atom stereocenters. The van der Waals surface area contributed by atoms with Crippen LogP contribution < -0.4 is 14.5 Å². The molecule has 3 heterocycles. The second-order valence-electron chi connectivity index (χ2n) is 11.0. The van der Waals surface area contributed by atoms with Crippen LogP contribution in [0.1, 0.15) is 37.8 Å². The van der Waals surface area contributed by atoms with Crippen LogP contribution >= 0.6 is 12.2 Å². The molecule has 0 N–H and O–H groups in total. The summed E-state index contributed by atoms with van der Waals surface area (Å²) in [5.74, 6) is -4.32. The number of anilines is 2. The lowest BCUT2D eigenvalue weighted by molar-refractivity contribution is -0.140. The zero-order valence-electron chi connectivity index (χ0n) is 23.7. The Kier molecular flexibility index (Phi) is 8.06. The fraction of sp³-hybridized carbons (Fsp3) is 0.333. The lowest BCUT2D eigenvalue weighted by Crippen LogP contribution is -2.44. The molecule has 2 aliphatic heterocycles. The van der Waals surface area contributed by atoms with Crippen LogP contribution in [0.5, 0.6) is 5.75 Å². The quantitative estimate of drug-likeness (QED) is 0.236. The van der Waals surface area contributed by atoms with E-state index in [1.807, 2.05) is 7.05 Å². The largest absolute Gasteiger partial charge is 0.487 e. The lowest BCUT2D eigenvalue weighted by Gasteiger charge is -2.29. The predicted octanol–water partition coefficient (Wildman–Crippen LogP) is 6.45. The number of carbonyl (C=O) groups is 1. The van der Waals surface area contributed by atoms with Gasteiger partial charge in [0.05, 0.1) is 29.2 Å². The van der Waals surface area contributed by atoms with Crippen molar-refractivity contribution in [1.29, 1.82) is 5.26 Å². The van der Waals surface area contributed by atoms with Crippen molar-refractivity contribution in [1.82, 2.24) is 9.88 Å². The minimum atomic E-state index is -5.23. The average Bonchev–Trinajstić information content (AvgIpc) is 3.13. The van der Waals surface area contributed by atoms with E-state index in [9.17, 15) is 22.4 Å². The molecular formula is C30H25F6N5O2S. The Hall–Kier alpha value is -4.22. The van der Waals surface area contributed by atoms with E-state index >= 15 is 8.78 Å². The van der Waals surface area contributed by atoms with E-state index in [2.05, 4.69) is 9.88 Å². The van der Waals surface area contributed by atoms with E-state index in [4.69, 9.17) is 22.2 Å². The second-order valence-corrected chi connectivity index (χ2v) is 11.4. The molecule has 2 aliphatic rings. The first kappa shape index (κ1) is 31.2. The molecule has 0 saturated carbocycles. The molecular weight excluding hydrogens is 608 g/mol. The number of nitriles is 1. The van der Waals surface area contributed by atoms with Crippen LogP contribution in [0.3, 0.4) is 0 Å². The number of hydrogen-bond donors (Lipinski definition) is 0. The minimum Gasteiger partial charge on any atom is -0.487 e. The Balaban J connectivity index is 1.44. The highest BCUT2D eigenvalue weighted by molar-refractivity contribution is 7.81. The molecule has 2 saturated heterocycles. The van der Waals surface area contributed by atoms with Gasteiger partial charge in [0.15, 0.2) is 28.3 Å². The molecule has 0 aliphatic carbocycles. The zero-order chi connectivity index (χ0) is 32.1. The van der Waals surface area contributed by atoms with E-state index in [1.54, 1.807) is 0 Å². The van der Waals surface area contributed by atoms with Gasteiger partial charge in [0, 0.05) is 24.7 Å². The fourth-order valence-electron chi connectivity index (χ4n) is 5.34. The summed E-state index contributed by atoms with van der Waals surface area (Å²) < 4.78 is 92.3. The highest BCUT2D eigenvalue weighted by Gasteiger charge is 2.52. The normalized spacial score (nSPS) is 17.7. The van der Waals surface area contributed by atoms with Crippen LogP contribution in [-0.4, -0.2) is 52.7 Å². The number of rotatable bonds is 5. The summed E-state index contributed by atoms with van der Waals surface area (Å²) in [4.78, 5) is 21.4. The minimum absolute atomic E-state index is 0.0341. The van der Waals surface area contributed by atoms with Crippen LogP contribution in [0.4, 0.5) is 37.7 Å². The zero-order valence-corrected chi connectivity index (χ0v) is 24.5. The average molecular weight is 634 g/mol. The SMILES string of the molecule is CN1CCC(Oc2ccc(-c3ncc(N4C(=S)N(c5ccc(C#N)c(C(F)(F)F)c5F)C(=O)C4(C)C)cc3F)cc2F)CC1. The third kappa shape index (κ3) is 5.46. The first-order valence-electron chi connectivity index (χ1n) is 13.4. The van der Waals surface area contributed by atoms with Gasteiger partial charge in [0.2, 0.25) is 0 Å². The number of aromatic nitrogens is 1. The van der Waals surface area contributed by atoms with Crippen molar-refractivity contribution in [3.63, 3.8) is 0 Å². The number of carbonyl (C=O) groups excluding carboxylic acids is 1. The number of nitrogens with zero attached hydrogens (tertiary/aromatic N) is 5. The van der Waals surface area contributed by atoms with Gasteiger partial charge in [-0.1, -0.05) is 0 Å². The van der Waals surface area contributed by atoms with Crippen molar-refractivity contribution in [3.8, 4) is 23.1 Å². The molecule has 0 bridgehead atoms. The van der Waals surface area contributed by atoms with Gasteiger partial charge in [0.1, 0.15) is 22.9 Å². The molecule has 230 valence electrons. The summed E-state index contributed by atoms with van der Waals surface area (Å²) in [6.07, 6.45) is -2.73. The van der Waals surface area contributed by atoms with Crippen molar-refractivity contribution in [2.24, 2.45) is 0 Å². The maximum Gasteiger partial charge on any atom is 0.420 e. The molecule has 0 unspecified atom stereocenters. The number of halogens is 6. The molecule has 0 radical (unpaired) electrons. The van der Waals surface area contributed by atoms with Crippen molar-refractivity contribution in [2.75, 3.05) is 29.9 Å². The monoisotopic (exact) mass is 633 g/mol. The van der Waals surface area contributed by atoms with Gasteiger partial charge in [-0.25, -0.2) is 13.2 Å². The maximum absolute atomic E-state index is 15.5. The van der Waals surface area contributed by atoms with Gasteiger partial charge in [-0.2, -0.15) is 18.4 Å². The molecule has 1 amide bonds. The van der Waals surface area contributed by atoms with Gasteiger partial charge in [-0.15, -0.1) is 0 Å². The number of amides is 1. The van der Waals surface area contributed by atoms with E-state index in [0.717, 1.165) is 55.1 Å². The number of pyridine rings is 1. The van der Waals surface area contributed by atoms with Crippen LogP contribution in [0, 0.1) is 28.8 Å². The Morgan fingerprint density at radius 3 is 2.34 bits per heavy atom. The van der Waals surface area contributed by atoms with Gasteiger partial charge in [-0.3, -0.25) is 14.7 Å². The number of piperidine rings is 1. The van der Waals surface area contributed by atoms with Crippen LogP contribution in [-0.2, 0) is 11.0 Å². The molecule has 2 aromatic carbocycles. The van der Waals surface area contributed by atoms with Gasteiger partial charge < -0.3 is 14.5 Å². The van der Waals surface area contributed by atoms with Crippen molar-refractivity contribution in [3.05, 3.63) is 71.2 Å². The number of alkyl halides is 3. The Labute approximate surface area is 254 Å². The fourth-order valence-corrected chi connectivity index (χ4v) is 5.85. The molecule has 1 aromatic heterocycles. The summed E-state index contributed by atoms with van der Waals surface area (Å²) in [6.45, 7) is 4.39. The summed E-state index contributed by atoms with van der Waals surface area (Å²) in [5.41, 5.74) is -5.37. The van der Waals surface area contributed by atoms with Gasteiger partial charge in [-0.05, 0) is 76.3 Å². The summed E-state index contributed by atoms with van der Waals surface area (Å²) in [5, 5.41) is 8.63. The molecule has 5 rings (SSSR count). The number of hydrogen-bond acceptors (Lipinski definition) is 6. The molecule has 14 heteroatoms. The van der Waals surface area contributed by atoms with Crippen molar-refractivity contribution < 1.29 is 35.9 Å². The summed E-state index contributed by atoms with van der Waals surface area (Å²) in [6, 6.07) is 7.83. The Morgan fingerprint density at radius 2 is 1.75 bits per heavy atom. The number of likely N-dealkylation sites (tertiary alicyclic amines) is 1. The smallest absolute Gasteiger partial charge is 0.420 e.